The highest BCUT2D eigenvalue weighted by molar-refractivity contribution is 9.11. The molecule has 2 aromatic rings. The van der Waals surface area contributed by atoms with Gasteiger partial charge in [0, 0.05) is 5.56 Å². The molecule has 0 fully saturated rings. The molecule has 0 amide bonds. The van der Waals surface area contributed by atoms with Gasteiger partial charge >= 0.3 is 5.97 Å². The van der Waals surface area contributed by atoms with Gasteiger partial charge in [-0.1, -0.05) is 13.8 Å². The standard InChI is InChI=1S/C18H18Br2O4/c1-9(2)13-8-12(4-5-16(13)21)24-17-14(19)6-11(7-15(17)20)10(3)18(22)23/h4-10,21H,1-3H3,(H,22,23). The summed E-state index contributed by atoms with van der Waals surface area (Å²) < 4.78 is 7.23. The van der Waals surface area contributed by atoms with Crippen LogP contribution >= 0.6 is 31.9 Å². The highest BCUT2D eigenvalue weighted by atomic mass is 79.9. The highest BCUT2D eigenvalue weighted by Gasteiger charge is 2.18. The summed E-state index contributed by atoms with van der Waals surface area (Å²) in [7, 11) is 0. The molecule has 24 heavy (non-hydrogen) atoms. The lowest BCUT2D eigenvalue weighted by atomic mass is 10.0. The van der Waals surface area contributed by atoms with Gasteiger partial charge in [-0.2, -0.15) is 0 Å². The van der Waals surface area contributed by atoms with Gasteiger partial charge in [-0.15, -0.1) is 0 Å². The van der Waals surface area contributed by atoms with Crippen LogP contribution in [0.3, 0.4) is 0 Å². The molecule has 2 rings (SSSR count). The second-order valence-electron chi connectivity index (χ2n) is 5.85. The largest absolute Gasteiger partial charge is 0.508 e. The summed E-state index contributed by atoms with van der Waals surface area (Å²) in [6, 6.07) is 8.57. The van der Waals surface area contributed by atoms with Crippen molar-refractivity contribution >= 4 is 37.8 Å². The Labute approximate surface area is 157 Å². The molecule has 4 nitrogen and oxygen atoms in total. The Kier molecular flexibility index (Phi) is 5.93. The van der Waals surface area contributed by atoms with Crippen LogP contribution in [0.1, 0.15) is 43.7 Å². The lowest BCUT2D eigenvalue weighted by Crippen LogP contribution is -2.07. The molecule has 0 heterocycles. The first-order valence-corrected chi connectivity index (χ1v) is 9.01. The maximum absolute atomic E-state index is 11.1. The molecule has 0 aliphatic heterocycles. The molecule has 2 aromatic carbocycles. The van der Waals surface area contributed by atoms with Crippen LogP contribution in [-0.4, -0.2) is 16.2 Å². The minimum absolute atomic E-state index is 0.166. The Hall–Kier alpha value is -1.53. The van der Waals surface area contributed by atoms with E-state index >= 15 is 0 Å². The number of phenolic OH excluding ortho intramolecular Hbond substituents is 1. The molecular formula is C18H18Br2O4. The molecule has 0 radical (unpaired) electrons. The van der Waals surface area contributed by atoms with Crippen molar-refractivity contribution in [2.45, 2.75) is 32.6 Å². The first kappa shape index (κ1) is 18.8. The Morgan fingerprint density at radius 1 is 1.08 bits per heavy atom. The number of aromatic hydroxyl groups is 1. The molecule has 0 saturated heterocycles. The summed E-state index contributed by atoms with van der Waals surface area (Å²) in [5, 5.41) is 19.0. The van der Waals surface area contributed by atoms with Gasteiger partial charge in [0.05, 0.1) is 14.9 Å². The van der Waals surface area contributed by atoms with Gasteiger partial charge in [0.15, 0.2) is 5.75 Å². The van der Waals surface area contributed by atoms with Crippen LogP contribution in [0, 0.1) is 0 Å². The van der Waals surface area contributed by atoms with E-state index in [-0.39, 0.29) is 11.7 Å². The number of carboxylic acids is 1. The van der Waals surface area contributed by atoms with Crippen molar-refractivity contribution in [1.29, 1.82) is 0 Å². The van der Waals surface area contributed by atoms with Crippen molar-refractivity contribution in [2.24, 2.45) is 0 Å². The van der Waals surface area contributed by atoms with E-state index in [0.29, 0.717) is 26.0 Å². The van der Waals surface area contributed by atoms with E-state index in [1.54, 1.807) is 37.3 Å². The van der Waals surface area contributed by atoms with Crippen LogP contribution < -0.4 is 4.74 Å². The lowest BCUT2D eigenvalue weighted by molar-refractivity contribution is -0.138. The number of hydrogen-bond donors (Lipinski definition) is 2. The smallest absolute Gasteiger partial charge is 0.310 e. The Bertz CT molecular complexity index is 749. The lowest BCUT2D eigenvalue weighted by Gasteiger charge is -2.15. The number of hydrogen-bond acceptors (Lipinski definition) is 3. The fourth-order valence-electron chi connectivity index (χ4n) is 2.25. The average Bonchev–Trinajstić information content (AvgIpc) is 2.51. The van der Waals surface area contributed by atoms with Gasteiger partial charge in [0.2, 0.25) is 0 Å². The van der Waals surface area contributed by atoms with Crippen LogP contribution in [0.5, 0.6) is 17.2 Å². The van der Waals surface area contributed by atoms with Crippen molar-refractivity contribution in [3.63, 3.8) is 0 Å². The van der Waals surface area contributed by atoms with E-state index in [0.717, 1.165) is 5.56 Å². The molecule has 0 saturated carbocycles. The third-order valence-electron chi connectivity index (χ3n) is 3.73. The summed E-state index contributed by atoms with van der Waals surface area (Å²) in [6.45, 7) is 5.62. The van der Waals surface area contributed by atoms with E-state index in [2.05, 4.69) is 31.9 Å². The zero-order valence-electron chi connectivity index (χ0n) is 13.5. The number of halogens is 2. The number of phenols is 1. The molecule has 128 valence electrons. The molecule has 0 aromatic heterocycles. The number of rotatable bonds is 5. The van der Waals surface area contributed by atoms with Crippen LogP contribution in [0.4, 0.5) is 0 Å². The van der Waals surface area contributed by atoms with E-state index in [1.165, 1.54) is 0 Å². The molecule has 1 unspecified atom stereocenters. The zero-order chi connectivity index (χ0) is 18.0. The maximum atomic E-state index is 11.1. The second kappa shape index (κ2) is 7.57. The summed E-state index contributed by atoms with van der Waals surface area (Å²) in [4.78, 5) is 11.1. The summed E-state index contributed by atoms with van der Waals surface area (Å²) in [5.74, 6) is 0.0458. The first-order chi connectivity index (χ1) is 11.2. The molecule has 0 aliphatic carbocycles. The predicted molar refractivity (Wildman–Crippen MR) is 100 cm³/mol. The van der Waals surface area contributed by atoms with Gasteiger partial charge in [-0.3, -0.25) is 4.79 Å². The van der Waals surface area contributed by atoms with Gasteiger partial charge in [-0.25, -0.2) is 0 Å². The summed E-state index contributed by atoms with van der Waals surface area (Å²) in [6.07, 6.45) is 0. The summed E-state index contributed by atoms with van der Waals surface area (Å²) >= 11 is 6.87. The molecule has 6 heteroatoms. The fraction of sp³-hybridized carbons (Fsp3) is 0.278. The maximum Gasteiger partial charge on any atom is 0.310 e. The molecule has 1 atom stereocenters. The Balaban J connectivity index is 2.37. The third kappa shape index (κ3) is 4.11. The third-order valence-corrected chi connectivity index (χ3v) is 4.91. The normalized spacial score (nSPS) is 12.2. The quantitative estimate of drug-likeness (QED) is 0.575. The average molecular weight is 458 g/mol. The van der Waals surface area contributed by atoms with Crippen molar-refractivity contribution in [3.05, 3.63) is 50.4 Å². The molecule has 0 bridgehead atoms. The molecule has 2 N–H and O–H groups in total. The minimum atomic E-state index is -0.887. The fourth-order valence-corrected chi connectivity index (χ4v) is 3.63. The van der Waals surface area contributed by atoms with Crippen molar-refractivity contribution in [3.8, 4) is 17.2 Å². The summed E-state index contributed by atoms with van der Waals surface area (Å²) in [5.41, 5.74) is 1.47. The van der Waals surface area contributed by atoms with E-state index in [9.17, 15) is 9.90 Å². The van der Waals surface area contributed by atoms with E-state index < -0.39 is 11.9 Å². The Morgan fingerprint density at radius 3 is 2.17 bits per heavy atom. The number of benzene rings is 2. The SMILES string of the molecule is CC(C)c1cc(Oc2c(Br)cc(C(C)C(=O)O)cc2Br)ccc1O. The van der Waals surface area contributed by atoms with Crippen LogP contribution in [0.25, 0.3) is 0 Å². The van der Waals surface area contributed by atoms with Gasteiger partial charge in [0.1, 0.15) is 11.5 Å². The van der Waals surface area contributed by atoms with Crippen LogP contribution in [0.2, 0.25) is 0 Å². The van der Waals surface area contributed by atoms with Gasteiger partial charge in [-0.05, 0) is 80.6 Å². The first-order valence-electron chi connectivity index (χ1n) is 7.43. The van der Waals surface area contributed by atoms with Crippen LogP contribution in [-0.2, 0) is 4.79 Å². The number of ether oxygens (including phenoxy) is 1. The second-order valence-corrected chi connectivity index (χ2v) is 7.56. The number of carbonyl (C=O) groups is 1. The van der Waals surface area contributed by atoms with Crippen LogP contribution in [0.15, 0.2) is 39.3 Å². The minimum Gasteiger partial charge on any atom is -0.508 e. The van der Waals surface area contributed by atoms with Crippen molar-refractivity contribution < 1.29 is 19.7 Å². The number of carboxylic acid groups (broad SMARTS) is 1. The molecule has 0 spiro atoms. The zero-order valence-corrected chi connectivity index (χ0v) is 16.7. The van der Waals surface area contributed by atoms with E-state index in [1.807, 2.05) is 13.8 Å². The van der Waals surface area contributed by atoms with Gasteiger partial charge < -0.3 is 14.9 Å². The monoisotopic (exact) mass is 456 g/mol. The van der Waals surface area contributed by atoms with Crippen molar-refractivity contribution in [2.75, 3.05) is 0 Å². The Morgan fingerprint density at radius 2 is 1.67 bits per heavy atom. The van der Waals surface area contributed by atoms with E-state index in [4.69, 9.17) is 9.84 Å². The van der Waals surface area contributed by atoms with Crippen molar-refractivity contribution in [1.82, 2.24) is 0 Å². The topological polar surface area (TPSA) is 66.8 Å². The number of aliphatic carboxylic acids is 1. The highest BCUT2D eigenvalue weighted by Crippen LogP contribution is 2.40. The molecule has 0 aliphatic rings. The molecular weight excluding hydrogens is 440 g/mol. The predicted octanol–water partition coefficient (Wildman–Crippen LogP) is 6.02. The van der Waals surface area contributed by atoms with Gasteiger partial charge in [0.25, 0.3) is 0 Å².